The van der Waals surface area contributed by atoms with Gasteiger partial charge in [0.15, 0.2) is 0 Å². The van der Waals surface area contributed by atoms with E-state index in [0.717, 1.165) is 38.7 Å². The summed E-state index contributed by atoms with van der Waals surface area (Å²) in [6.07, 6.45) is 13.5. The Balaban J connectivity index is 1.92. The molecule has 2 atom stereocenters. The van der Waals surface area contributed by atoms with Gasteiger partial charge in [0.25, 0.3) is 0 Å². The lowest BCUT2D eigenvalue weighted by molar-refractivity contribution is 0.00159. The van der Waals surface area contributed by atoms with E-state index in [2.05, 4.69) is 6.58 Å². The van der Waals surface area contributed by atoms with Crippen molar-refractivity contribution in [1.29, 1.82) is 0 Å². The Morgan fingerprint density at radius 1 is 1.24 bits per heavy atom. The number of allylic oxidation sites excluding steroid dienone is 1. The van der Waals surface area contributed by atoms with Crippen molar-refractivity contribution in [3.05, 3.63) is 12.7 Å². The lowest BCUT2D eigenvalue weighted by Crippen LogP contribution is -2.21. The molecule has 1 saturated heterocycles. The van der Waals surface area contributed by atoms with Crippen molar-refractivity contribution in [1.82, 2.24) is 0 Å². The summed E-state index contributed by atoms with van der Waals surface area (Å²) in [7, 11) is 0. The van der Waals surface area contributed by atoms with E-state index in [0.29, 0.717) is 6.10 Å². The average molecular weight is 240 g/mol. The Morgan fingerprint density at radius 3 is 2.82 bits per heavy atom. The Bertz CT molecular complexity index is 185. The summed E-state index contributed by atoms with van der Waals surface area (Å²) in [6, 6.07) is 0. The molecule has 0 amide bonds. The van der Waals surface area contributed by atoms with E-state index in [1.807, 2.05) is 6.08 Å². The van der Waals surface area contributed by atoms with Gasteiger partial charge in [-0.15, -0.1) is 6.58 Å². The minimum atomic E-state index is -0.121. The van der Waals surface area contributed by atoms with Crippen molar-refractivity contribution < 1.29 is 9.84 Å². The van der Waals surface area contributed by atoms with E-state index in [1.54, 1.807) is 0 Å². The van der Waals surface area contributed by atoms with Gasteiger partial charge in [-0.1, -0.05) is 18.9 Å². The van der Waals surface area contributed by atoms with Crippen LogP contribution in [0.2, 0.25) is 0 Å². The van der Waals surface area contributed by atoms with Crippen LogP contribution in [0.3, 0.4) is 0 Å². The maximum atomic E-state index is 9.86. The van der Waals surface area contributed by atoms with Gasteiger partial charge in [-0.3, -0.25) is 0 Å². The molecular weight excluding hydrogens is 212 g/mol. The first-order chi connectivity index (χ1) is 8.33. The van der Waals surface area contributed by atoms with Gasteiger partial charge in [-0.2, -0.15) is 0 Å². The van der Waals surface area contributed by atoms with Crippen molar-refractivity contribution in [2.75, 3.05) is 6.61 Å². The first-order valence-electron chi connectivity index (χ1n) is 7.23. The highest BCUT2D eigenvalue weighted by atomic mass is 16.5. The third-order valence-corrected chi connectivity index (χ3v) is 3.54. The SMILES string of the molecule is C=CCCCCCC(O)CCC1CCCCO1. The molecule has 100 valence electrons. The topological polar surface area (TPSA) is 29.5 Å². The molecule has 0 aliphatic carbocycles. The number of rotatable bonds is 9. The van der Waals surface area contributed by atoms with Gasteiger partial charge in [0.2, 0.25) is 0 Å². The lowest BCUT2D eigenvalue weighted by atomic mass is 10.00. The number of hydrogen-bond acceptors (Lipinski definition) is 2. The van der Waals surface area contributed by atoms with Crippen LogP contribution >= 0.6 is 0 Å². The molecule has 1 rings (SSSR count). The average Bonchev–Trinajstić information content (AvgIpc) is 2.37. The summed E-state index contributed by atoms with van der Waals surface area (Å²) in [5.41, 5.74) is 0. The smallest absolute Gasteiger partial charge is 0.0576 e. The zero-order valence-corrected chi connectivity index (χ0v) is 11.1. The van der Waals surface area contributed by atoms with Crippen LogP contribution < -0.4 is 0 Å². The van der Waals surface area contributed by atoms with E-state index in [-0.39, 0.29) is 6.10 Å². The van der Waals surface area contributed by atoms with Crippen LogP contribution in [0.25, 0.3) is 0 Å². The fourth-order valence-corrected chi connectivity index (χ4v) is 2.40. The minimum Gasteiger partial charge on any atom is -0.393 e. The monoisotopic (exact) mass is 240 g/mol. The van der Waals surface area contributed by atoms with Crippen LogP contribution in [-0.2, 0) is 4.74 Å². The van der Waals surface area contributed by atoms with Gasteiger partial charge in [-0.05, 0) is 51.4 Å². The van der Waals surface area contributed by atoms with Crippen molar-refractivity contribution in [3.8, 4) is 0 Å². The molecule has 0 aromatic rings. The normalized spacial score (nSPS) is 22.3. The zero-order valence-electron chi connectivity index (χ0n) is 11.1. The first kappa shape index (κ1) is 14.7. The summed E-state index contributed by atoms with van der Waals surface area (Å²) in [5, 5.41) is 9.86. The molecule has 0 radical (unpaired) electrons. The maximum Gasteiger partial charge on any atom is 0.0576 e. The molecule has 0 aromatic carbocycles. The number of aliphatic hydroxyl groups is 1. The Labute approximate surface area is 106 Å². The molecule has 1 N–H and O–H groups in total. The van der Waals surface area contributed by atoms with Gasteiger partial charge in [0, 0.05) is 6.61 Å². The van der Waals surface area contributed by atoms with Gasteiger partial charge in [0.1, 0.15) is 0 Å². The van der Waals surface area contributed by atoms with E-state index < -0.39 is 0 Å². The fourth-order valence-electron chi connectivity index (χ4n) is 2.40. The molecule has 0 aromatic heterocycles. The van der Waals surface area contributed by atoms with Crippen LogP contribution in [0.4, 0.5) is 0 Å². The predicted molar refractivity (Wildman–Crippen MR) is 72.1 cm³/mol. The van der Waals surface area contributed by atoms with Gasteiger partial charge in [-0.25, -0.2) is 0 Å². The molecule has 2 unspecified atom stereocenters. The molecule has 0 spiro atoms. The van der Waals surface area contributed by atoms with E-state index in [1.165, 1.54) is 32.1 Å². The highest BCUT2D eigenvalue weighted by Crippen LogP contribution is 2.19. The first-order valence-corrected chi connectivity index (χ1v) is 7.23. The van der Waals surface area contributed by atoms with E-state index in [4.69, 9.17) is 4.74 Å². The van der Waals surface area contributed by atoms with Gasteiger partial charge < -0.3 is 9.84 Å². The van der Waals surface area contributed by atoms with Crippen LogP contribution in [-0.4, -0.2) is 23.9 Å². The second-order valence-electron chi connectivity index (χ2n) is 5.15. The fraction of sp³-hybridized carbons (Fsp3) is 0.867. The van der Waals surface area contributed by atoms with Gasteiger partial charge >= 0.3 is 0 Å². The van der Waals surface area contributed by atoms with E-state index >= 15 is 0 Å². The number of ether oxygens (including phenoxy) is 1. The molecule has 1 fully saturated rings. The summed E-state index contributed by atoms with van der Waals surface area (Å²) in [4.78, 5) is 0. The largest absolute Gasteiger partial charge is 0.393 e. The van der Waals surface area contributed by atoms with Gasteiger partial charge in [0.05, 0.1) is 12.2 Å². The second kappa shape index (κ2) is 9.67. The van der Waals surface area contributed by atoms with Crippen LogP contribution in [0.5, 0.6) is 0 Å². The molecular formula is C15H28O2. The van der Waals surface area contributed by atoms with Crippen molar-refractivity contribution in [3.63, 3.8) is 0 Å². The molecule has 17 heavy (non-hydrogen) atoms. The quantitative estimate of drug-likeness (QED) is 0.490. The third-order valence-electron chi connectivity index (χ3n) is 3.54. The third kappa shape index (κ3) is 7.56. The van der Waals surface area contributed by atoms with E-state index in [9.17, 15) is 5.11 Å². The van der Waals surface area contributed by atoms with Crippen molar-refractivity contribution in [2.24, 2.45) is 0 Å². The number of aliphatic hydroxyl groups excluding tert-OH is 1. The van der Waals surface area contributed by atoms with Crippen LogP contribution in [0, 0.1) is 0 Å². The standard InChI is InChI=1S/C15H28O2/c1-2-3-4-5-6-9-14(16)11-12-15-10-7-8-13-17-15/h2,14-16H,1,3-13H2. The maximum absolute atomic E-state index is 9.86. The number of hydrogen-bond donors (Lipinski definition) is 1. The molecule has 1 heterocycles. The summed E-state index contributed by atoms with van der Waals surface area (Å²) in [6.45, 7) is 4.63. The molecule has 1 aliphatic heterocycles. The zero-order chi connectivity index (χ0) is 12.3. The minimum absolute atomic E-state index is 0.121. The molecule has 0 bridgehead atoms. The van der Waals surface area contributed by atoms with Crippen molar-refractivity contribution in [2.45, 2.75) is 76.4 Å². The van der Waals surface area contributed by atoms with Crippen LogP contribution in [0.1, 0.15) is 64.2 Å². The Kier molecular flexibility index (Phi) is 8.37. The van der Waals surface area contributed by atoms with Crippen LogP contribution in [0.15, 0.2) is 12.7 Å². The molecule has 1 aliphatic rings. The lowest BCUT2D eigenvalue weighted by Gasteiger charge is -2.23. The Hall–Kier alpha value is -0.340. The summed E-state index contributed by atoms with van der Waals surface area (Å²) in [5.74, 6) is 0. The van der Waals surface area contributed by atoms with Crippen molar-refractivity contribution >= 4 is 0 Å². The highest BCUT2D eigenvalue weighted by Gasteiger charge is 2.15. The predicted octanol–water partition coefficient (Wildman–Crippen LogP) is 3.83. The second-order valence-corrected chi connectivity index (χ2v) is 5.15. The molecule has 2 heteroatoms. The summed E-state index contributed by atoms with van der Waals surface area (Å²) >= 11 is 0. The molecule has 0 saturated carbocycles. The number of unbranched alkanes of at least 4 members (excludes halogenated alkanes) is 3. The highest BCUT2D eigenvalue weighted by molar-refractivity contribution is 4.68. The summed E-state index contributed by atoms with van der Waals surface area (Å²) < 4.78 is 5.66. The molecule has 2 nitrogen and oxygen atoms in total. The Morgan fingerprint density at radius 2 is 2.12 bits per heavy atom.